The Morgan fingerprint density at radius 2 is 0.872 bits per heavy atom. The SMILES string of the molecule is C.C.CC(C)c1cc(CN)on1.CC(C)c1cc(CNc2nc(Cl)cc(Nc3cc(C4CC4)[nH]n3)n2)on1.CC(C)c1cc(CNc2nc(Nc3cc(C4CC4)[nH]n3)cc(N3CCN(C)CC3)n2)on1.CN1CCNCC1.Clc1cc(Nc2cc(C3CC3)[nH]n2)nc(Cl)n1. The Morgan fingerprint density at radius 1 is 0.479 bits per heavy atom. The normalized spacial score (nSPS) is 15.5. The number of nitrogens with two attached hydrogens (primary N) is 1. The van der Waals surface area contributed by atoms with Crippen molar-refractivity contribution in [2.24, 2.45) is 5.73 Å². The molecule has 31 heteroatoms. The molecule has 28 nitrogen and oxygen atoms in total. The van der Waals surface area contributed by atoms with Crippen molar-refractivity contribution >= 4 is 87.4 Å². The minimum absolute atomic E-state index is 0. The molecule has 0 aromatic carbocycles. The zero-order chi connectivity index (χ0) is 64.7. The van der Waals surface area contributed by atoms with Gasteiger partial charge in [0.1, 0.15) is 33.6 Å². The van der Waals surface area contributed by atoms with Gasteiger partial charge in [-0.2, -0.15) is 30.2 Å². The van der Waals surface area contributed by atoms with Crippen LogP contribution in [0.3, 0.4) is 0 Å². The predicted molar refractivity (Wildman–Crippen MR) is 371 cm³/mol. The first-order valence-corrected chi connectivity index (χ1v) is 32.5. The summed E-state index contributed by atoms with van der Waals surface area (Å²) in [6.07, 6.45) is 7.36. The molecule has 2 aliphatic heterocycles. The van der Waals surface area contributed by atoms with Crippen molar-refractivity contribution in [3.63, 3.8) is 0 Å². The van der Waals surface area contributed by atoms with E-state index in [-0.39, 0.29) is 20.1 Å². The zero-order valence-corrected chi connectivity index (χ0v) is 55.6. The summed E-state index contributed by atoms with van der Waals surface area (Å²) in [5.41, 5.74) is 11.7. The number of rotatable bonds is 20. The van der Waals surface area contributed by atoms with Crippen molar-refractivity contribution < 1.29 is 13.6 Å². The van der Waals surface area contributed by atoms with E-state index in [1.807, 2.05) is 36.4 Å². The van der Waals surface area contributed by atoms with E-state index in [2.05, 4.69) is 179 Å². The summed E-state index contributed by atoms with van der Waals surface area (Å²) in [4.78, 5) is 32.8. The molecule has 3 saturated carbocycles. The number of anilines is 9. The highest BCUT2D eigenvalue weighted by Crippen LogP contribution is 2.41. The van der Waals surface area contributed by atoms with Gasteiger partial charge in [-0.05, 0) is 82.0 Å². The molecule has 2 saturated heterocycles. The monoisotopic (exact) mass is 1350 g/mol. The second-order valence-electron chi connectivity index (χ2n) is 24.4. The summed E-state index contributed by atoms with van der Waals surface area (Å²) in [6.45, 7) is 22.4. The third-order valence-electron chi connectivity index (χ3n) is 15.4. The summed E-state index contributed by atoms with van der Waals surface area (Å²) in [7, 11) is 4.30. The van der Waals surface area contributed by atoms with Crippen LogP contribution >= 0.6 is 34.8 Å². The number of hydrogen-bond donors (Lipinski definition) is 10. The number of aromatic nitrogens is 15. The topological polar surface area (TPSA) is 349 Å². The van der Waals surface area contributed by atoms with Gasteiger partial charge < -0.3 is 65.9 Å². The molecule has 5 aliphatic rings. The molecule has 9 aromatic rings. The first-order chi connectivity index (χ1) is 44.4. The zero-order valence-electron chi connectivity index (χ0n) is 53.3. The van der Waals surface area contributed by atoms with Gasteiger partial charge in [0.25, 0.3) is 0 Å². The first-order valence-electron chi connectivity index (χ1n) is 31.4. The molecule has 11 heterocycles. The molecule has 14 rings (SSSR count). The molecule has 0 spiro atoms. The van der Waals surface area contributed by atoms with Gasteiger partial charge in [0.15, 0.2) is 34.7 Å². The van der Waals surface area contributed by atoms with Crippen molar-refractivity contribution in [1.82, 2.24) is 91.1 Å². The van der Waals surface area contributed by atoms with Crippen molar-refractivity contribution in [1.29, 1.82) is 0 Å². The van der Waals surface area contributed by atoms with Gasteiger partial charge in [-0.25, -0.2) is 15.0 Å². The molecule has 5 fully saturated rings. The number of halogens is 3. The molecule has 0 atom stereocenters. The van der Waals surface area contributed by atoms with Gasteiger partial charge >= 0.3 is 0 Å². The van der Waals surface area contributed by atoms with Crippen molar-refractivity contribution in [3.05, 3.63) is 122 Å². The van der Waals surface area contributed by atoms with E-state index in [4.69, 9.17) is 59.1 Å². The summed E-state index contributed by atoms with van der Waals surface area (Å²) in [6, 6.07) is 17.1. The van der Waals surface area contributed by atoms with Gasteiger partial charge in [-0.3, -0.25) is 15.3 Å². The lowest BCUT2D eigenvalue weighted by Crippen LogP contribution is -2.44. The van der Waals surface area contributed by atoms with Gasteiger partial charge in [-0.15, -0.1) is 0 Å². The lowest BCUT2D eigenvalue weighted by molar-refractivity contribution is 0.291. The van der Waals surface area contributed by atoms with E-state index in [9.17, 15) is 0 Å². The number of aromatic amines is 3. The van der Waals surface area contributed by atoms with Crippen LogP contribution in [0.5, 0.6) is 0 Å². The maximum atomic E-state index is 6.11. The third kappa shape index (κ3) is 22.3. The highest BCUT2D eigenvalue weighted by atomic mass is 35.5. The van der Waals surface area contributed by atoms with Crippen LogP contribution in [0.1, 0.15) is 182 Å². The second-order valence-corrected chi connectivity index (χ2v) is 25.5. The summed E-state index contributed by atoms with van der Waals surface area (Å²) < 4.78 is 15.7. The van der Waals surface area contributed by atoms with Gasteiger partial charge in [0.05, 0.1) is 36.7 Å². The van der Waals surface area contributed by atoms with Crippen LogP contribution < -0.4 is 42.5 Å². The van der Waals surface area contributed by atoms with E-state index < -0.39 is 0 Å². The quantitative estimate of drug-likeness (QED) is 0.0250. The fourth-order valence-electron chi connectivity index (χ4n) is 9.37. The fourth-order valence-corrected chi connectivity index (χ4v) is 9.96. The molecule has 3 aliphatic carbocycles. The molecular weight excluding hydrogens is 1260 g/mol. The maximum Gasteiger partial charge on any atom is 0.227 e. The van der Waals surface area contributed by atoms with Gasteiger partial charge in [0, 0.05) is 142 Å². The Balaban J connectivity index is 0.000000163. The Bertz CT molecular complexity index is 3700. The summed E-state index contributed by atoms with van der Waals surface area (Å²) >= 11 is 17.6. The smallest absolute Gasteiger partial charge is 0.227 e. The second kappa shape index (κ2) is 34.4. The largest absolute Gasteiger partial charge is 0.360 e. The summed E-state index contributed by atoms with van der Waals surface area (Å²) in [5.74, 6) is 11.0. The lowest BCUT2D eigenvalue weighted by atomic mass is 10.1. The number of piperazine rings is 2. The summed E-state index contributed by atoms with van der Waals surface area (Å²) in [5, 5.41) is 53.9. The van der Waals surface area contributed by atoms with E-state index in [1.54, 1.807) is 12.1 Å². The fraction of sp³-hybridized carbons (Fsp3) is 0.524. The van der Waals surface area contributed by atoms with Crippen molar-refractivity contribution in [2.45, 2.75) is 150 Å². The maximum absolute atomic E-state index is 6.11. The molecule has 0 radical (unpaired) electrons. The van der Waals surface area contributed by atoms with Gasteiger partial charge in [-0.1, -0.05) is 95.1 Å². The van der Waals surface area contributed by atoms with Crippen LogP contribution in [-0.4, -0.2) is 152 Å². The molecular formula is C63H92Cl3N25O3. The van der Waals surface area contributed by atoms with E-state index in [1.165, 1.54) is 57.3 Å². The molecule has 0 unspecified atom stereocenters. The average Bonchev–Trinajstić information content (AvgIpc) is 1.69. The van der Waals surface area contributed by atoms with Crippen molar-refractivity contribution in [2.75, 3.05) is 97.9 Å². The molecule has 11 N–H and O–H groups in total. The Morgan fingerprint density at radius 3 is 1.26 bits per heavy atom. The Hall–Kier alpha value is -7.99. The third-order valence-corrected chi connectivity index (χ3v) is 16.0. The van der Waals surface area contributed by atoms with Crippen LogP contribution in [0.15, 0.2) is 68.2 Å². The first kappa shape index (κ1) is 71.9. The number of nitrogens with one attached hydrogen (secondary N) is 9. The molecule has 0 amide bonds. The highest BCUT2D eigenvalue weighted by Gasteiger charge is 2.28. The molecule has 9 aromatic heterocycles. The van der Waals surface area contributed by atoms with Crippen LogP contribution in [-0.2, 0) is 19.6 Å². The minimum Gasteiger partial charge on any atom is -0.360 e. The van der Waals surface area contributed by atoms with E-state index in [0.29, 0.717) is 112 Å². The highest BCUT2D eigenvalue weighted by molar-refractivity contribution is 6.32. The standard InChI is InChI=1S/C22H31N9O.C17H20ClN7O.C10H9Cl2N5.C7H12N2O.C5H12N2.2CH4/c1-14(2)17-10-16(32-29-17)13-23-22-25-19(24-20-11-18(27-28-20)15-4-5-15)12-21(26-22)31-8-6-30(3)7-9-31;1-9(2)12-5-11(26-25-12)8-19-17-20-14(18)7-15(22-17)21-16-6-13(23-24-16)10-3-4-10;11-7-4-8(15-10(12)13-7)14-9-3-6(16-17-9)5-1-2-5;1-5(2)7-3-6(4-8)10-9-7;1-7-4-2-6-3-5-7;;/h10-12,14-15H,4-9,13H2,1-3H3,(H3,23,24,25,26,27,28);5-7,9-10H,3-4,8H2,1-2H3,(H3,19,20,21,22,23,24);3-5H,1-2H2,(H2,13,14,15,16,17);3,5H,4,8H2,1-2H3;6H,2-5H2,1H3;2*1H4. The lowest BCUT2D eigenvalue weighted by Gasteiger charge is -2.33. The number of H-pyrrole nitrogens is 3. The van der Waals surface area contributed by atoms with Crippen LogP contribution in [0, 0.1) is 0 Å². The van der Waals surface area contributed by atoms with E-state index >= 15 is 0 Å². The Labute approximate surface area is 564 Å². The molecule has 94 heavy (non-hydrogen) atoms. The number of nitrogens with zero attached hydrogens (tertiary/aromatic N) is 15. The Kier molecular flexibility index (Phi) is 26.3. The predicted octanol–water partition coefficient (Wildman–Crippen LogP) is 12.7. The van der Waals surface area contributed by atoms with Gasteiger partial charge in [0.2, 0.25) is 17.2 Å². The molecule has 508 valence electrons. The van der Waals surface area contributed by atoms with Crippen molar-refractivity contribution in [3.8, 4) is 0 Å². The molecule has 0 bridgehead atoms. The van der Waals surface area contributed by atoms with Crippen LogP contribution in [0.4, 0.5) is 52.6 Å². The van der Waals surface area contributed by atoms with Crippen LogP contribution in [0.2, 0.25) is 15.6 Å². The van der Waals surface area contributed by atoms with Crippen LogP contribution in [0.25, 0.3) is 0 Å². The average molecular weight is 1350 g/mol. The number of hydrogen-bond acceptors (Lipinski definition) is 25. The van der Waals surface area contributed by atoms with E-state index in [0.717, 1.165) is 90.9 Å². The minimum atomic E-state index is 0. The number of likely N-dealkylation sites (N-methyl/N-ethyl adjacent to an activating group) is 2.